The first kappa shape index (κ1) is 61.5. The van der Waals surface area contributed by atoms with Crippen LogP contribution in [0.5, 0.6) is 5.75 Å². The summed E-state index contributed by atoms with van der Waals surface area (Å²) in [7, 11) is -24.9. The van der Waals surface area contributed by atoms with E-state index in [9.17, 15) is 66.0 Å². The van der Waals surface area contributed by atoms with E-state index in [1.54, 1.807) is 0 Å². The summed E-state index contributed by atoms with van der Waals surface area (Å²) in [4.78, 5) is 11.9. The van der Waals surface area contributed by atoms with E-state index in [0.29, 0.717) is 18.2 Å². The zero-order valence-corrected chi connectivity index (χ0v) is 46.6. The molecule has 0 atom stereocenters. The van der Waals surface area contributed by atoms with Gasteiger partial charge in [-0.2, -0.15) is 31.8 Å². The average Bonchev–Trinajstić information content (AvgIpc) is 3.12. The normalized spacial score (nSPS) is 12.4. The van der Waals surface area contributed by atoms with E-state index in [-0.39, 0.29) is 148 Å². The largest absolute Gasteiger partial charge is 1.00 e. The number of aromatic nitrogens is 3. The van der Waals surface area contributed by atoms with E-state index >= 15 is 0 Å². The molecule has 25 nitrogen and oxygen atoms in total. The third-order valence-corrected chi connectivity index (χ3v) is 12.4. The predicted octanol–water partition coefficient (Wildman–Crippen LogP) is -10.5. The molecule has 326 valence electrons. The molecule has 0 bridgehead atoms. The minimum atomic E-state index is -5.39. The number of nitrogens with zero attached hydrogens (tertiary/aromatic N) is 6. The summed E-state index contributed by atoms with van der Waals surface area (Å²) < 4.78 is 165. The summed E-state index contributed by atoms with van der Waals surface area (Å²) in [6, 6.07) is 10.7. The molecule has 4 N–H and O–H groups in total. The van der Waals surface area contributed by atoms with Crippen molar-refractivity contribution in [1.82, 2.24) is 15.0 Å². The Bertz CT molecular complexity index is 3210. The van der Waals surface area contributed by atoms with E-state index in [1.165, 1.54) is 18.2 Å². The molecule has 0 spiro atoms. The van der Waals surface area contributed by atoms with E-state index in [1.807, 2.05) is 0 Å². The third kappa shape index (κ3) is 17.4. The van der Waals surface area contributed by atoms with E-state index in [0.717, 1.165) is 30.3 Å². The van der Waals surface area contributed by atoms with Crippen LogP contribution < -0.4 is 139 Å². The van der Waals surface area contributed by atoms with Crippen molar-refractivity contribution in [3.63, 3.8) is 0 Å². The molecule has 1 aromatic heterocycles. The van der Waals surface area contributed by atoms with Gasteiger partial charge in [0.1, 0.15) is 30.8 Å². The summed E-state index contributed by atoms with van der Waals surface area (Å²) in [6.07, 6.45) is -0.378. The molecule has 0 amide bonds. The Kier molecular flexibility index (Phi) is 23.5. The van der Waals surface area contributed by atoms with Crippen LogP contribution in [0.2, 0.25) is 5.28 Å². The summed E-state index contributed by atoms with van der Waals surface area (Å²) >= 11 is 6.04. The fourth-order valence-corrected chi connectivity index (χ4v) is 8.52. The number of sulfone groups is 1. The van der Waals surface area contributed by atoms with Gasteiger partial charge in [0.2, 0.25) is 17.2 Å². The fourth-order valence-electron chi connectivity index (χ4n) is 5.03. The van der Waals surface area contributed by atoms with Gasteiger partial charge in [0.05, 0.1) is 38.4 Å². The molecule has 65 heavy (non-hydrogen) atoms. The molecule has 0 unspecified atom stereocenters. The molecular formula is C30H23ClN8Na4O17S5. The van der Waals surface area contributed by atoms with Crippen LogP contribution in [0, 0.1) is 0 Å². The number of hydrogen-bond donors (Lipinski definition) is 4. The summed E-state index contributed by atoms with van der Waals surface area (Å²) in [5.41, 5.74) is -2.48. The van der Waals surface area contributed by atoms with Gasteiger partial charge in [-0.25, -0.2) is 29.4 Å². The number of nitrogens with one attached hydrogen (secondary N) is 2. The van der Waals surface area contributed by atoms with Crippen LogP contribution in [0.4, 0.5) is 34.6 Å². The van der Waals surface area contributed by atoms with Crippen LogP contribution >= 0.6 is 11.6 Å². The molecule has 4 aromatic carbocycles. The molecule has 0 radical (unpaired) electrons. The minimum absolute atomic E-state index is 0. The fraction of sp³-hybridized carbons (Fsp3) is 0.133. The summed E-state index contributed by atoms with van der Waals surface area (Å²) in [5, 5.41) is 36.9. The molecule has 0 aliphatic heterocycles. The second kappa shape index (κ2) is 24.8. The van der Waals surface area contributed by atoms with E-state index in [4.69, 9.17) is 16.2 Å². The second-order valence-electron chi connectivity index (χ2n) is 11.8. The van der Waals surface area contributed by atoms with Crippen molar-refractivity contribution in [2.45, 2.75) is 26.0 Å². The average molecular weight is 1060 g/mol. The Morgan fingerprint density at radius 2 is 1.40 bits per heavy atom. The SMILES string of the molecule is O=S(=O)(O)OCCS(=O)(=O)c1cccc(N=C([O-])CCNc2nc(Cl)nc(Nc3cc(S(=O)(=O)[O-])cc4cc(S(=O)(=O)O)c(N=Nc5ccccc5S(=O)(=O)[O-])c([O-])c34)n2)c1.[Na+].[Na+].[Na+].[Na+]. The van der Waals surface area contributed by atoms with Crippen LogP contribution in [0.1, 0.15) is 6.42 Å². The quantitative estimate of drug-likeness (QED) is 0.0221. The Balaban J connectivity index is 0.00000528. The zero-order chi connectivity index (χ0) is 45.1. The number of halogens is 1. The number of fused-ring (bicyclic) bond motifs is 1. The van der Waals surface area contributed by atoms with Crippen molar-refractivity contribution in [2.75, 3.05) is 29.5 Å². The van der Waals surface area contributed by atoms with Crippen LogP contribution in [0.15, 0.2) is 102 Å². The monoisotopic (exact) mass is 1050 g/mol. The van der Waals surface area contributed by atoms with Crippen molar-refractivity contribution < 1.29 is 193 Å². The first-order valence-electron chi connectivity index (χ1n) is 16.0. The number of hydrogen-bond acceptors (Lipinski definition) is 23. The Hall–Kier alpha value is -1.54. The number of azo groups is 1. The van der Waals surface area contributed by atoms with Crippen molar-refractivity contribution in [2.24, 2.45) is 15.2 Å². The van der Waals surface area contributed by atoms with Gasteiger partial charge in [0.25, 0.3) is 10.1 Å². The van der Waals surface area contributed by atoms with Crippen LogP contribution in [0.3, 0.4) is 0 Å². The molecule has 5 aromatic rings. The first-order chi connectivity index (χ1) is 28.2. The van der Waals surface area contributed by atoms with Gasteiger partial charge in [-0.1, -0.05) is 23.9 Å². The van der Waals surface area contributed by atoms with Crippen molar-refractivity contribution in [3.8, 4) is 5.75 Å². The van der Waals surface area contributed by atoms with Crippen molar-refractivity contribution >= 4 is 114 Å². The molecule has 0 fully saturated rings. The third-order valence-electron chi connectivity index (χ3n) is 7.55. The van der Waals surface area contributed by atoms with Crippen LogP contribution in [-0.4, -0.2) is 100 Å². The molecule has 1 heterocycles. The van der Waals surface area contributed by atoms with E-state index < -0.39 is 128 Å². The van der Waals surface area contributed by atoms with Crippen molar-refractivity contribution in [1.29, 1.82) is 0 Å². The first-order valence-corrected chi connectivity index (χ1v) is 23.7. The van der Waals surface area contributed by atoms with Gasteiger partial charge in [0.15, 0.2) is 9.84 Å². The summed E-state index contributed by atoms with van der Waals surface area (Å²) in [6.45, 7) is -1.14. The summed E-state index contributed by atoms with van der Waals surface area (Å²) in [5.74, 6) is -3.92. The topological polar surface area (TPSA) is 412 Å². The maximum absolute atomic E-state index is 13.9. The van der Waals surface area contributed by atoms with Gasteiger partial charge in [0, 0.05) is 12.2 Å². The molecule has 0 aliphatic rings. The van der Waals surface area contributed by atoms with E-state index in [2.05, 4.69) is 45.0 Å². The standard InChI is InChI=1S/C30H27ClN8O17S5.4Na/c31-28-35-29(32-9-8-24(40)33-17-4-3-5-18(14-17)57(42,43)11-10-56-61(53,54)55)37-30(36-28)34-21-15-19(58(44,45)46)12-16-13-23(60(50,51)52)26(27(41)25(16)21)39-38-20-6-1-2-7-22(20)59(47,48)49;;;;/h1-7,12-15,41H,8-11H2,(H,33,40)(H,44,45,46)(H,47,48,49)(H,50,51,52)(H,53,54,55)(H2,32,34,35,36,37);;;;/q;4*+1/p-4. The predicted molar refractivity (Wildman–Crippen MR) is 204 cm³/mol. The van der Waals surface area contributed by atoms with Gasteiger partial charge < -0.3 is 30.0 Å². The second-order valence-corrected chi connectivity index (χ2v) is 19.5. The minimum Gasteiger partial charge on any atom is -0.870 e. The molecule has 0 saturated heterocycles. The maximum Gasteiger partial charge on any atom is 1.00 e. The molecular weight excluding hydrogens is 1030 g/mol. The van der Waals surface area contributed by atoms with Crippen LogP contribution in [-0.2, 0) is 54.8 Å². The molecule has 0 aliphatic carbocycles. The number of aliphatic imine (C=N–C) groups is 1. The van der Waals surface area contributed by atoms with Crippen LogP contribution in [0.25, 0.3) is 10.8 Å². The Labute approximate surface area is 463 Å². The Morgan fingerprint density at radius 1 is 0.754 bits per heavy atom. The molecule has 5 rings (SSSR count). The number of rotatable bonds is 17. The maximum atomic E-state index is 13.9. The number of anilines is 3. The Morgan fingerprint density at radius 3 is 2.02 bits per heavy atom. The van der Waals surface area contributed by atoms with Gasteiger partial charge in [-0.05, 0) is 83.2 Å². The van der Waals surface area contributed by atoms with Gasteiger partial charge in [-0.15, -0.1) is 10.2 Å². The van der Waals surface area contributed by atoms with Gasteiger partial charge in [-0.3, -0.25) is 14.1 Å². The molecule has 35 heteroatoms. The number of benzene rings is 4. The smallest absolute Gasteiger partial charge is 0.870 e. The van der Waals surface area contributed by atoms with Gasteiger partial charge >= 0.3 is 129 Å². The van der Waals surface area contributed by atoms with Crippen molar-refractivity contribution in [3.05, 3.63) is 72.0 Å². The zero-order valence-electron chi connectivity index (χ0n) is 33.8. The molecule has 0 saturated carbocycles.